The fourth-order valence-corrected chi connectivity index (χ4v) is 3.87. The molecule has 0 radical (unpaired) electrons. The van der Waals surface area contributed by atoms with Crippen molar-refractivity contribution in [1.29, 1.82) is 0 Å². The number of hydrogen-bond donors (Lipinski definition) is 2. The van der Waals surface area contributed by atoms with Gasteiger partial charge in [0.05, 0.1) is 6.04 Å². The molecule has 0 spiro atoms. The molecule has 2 aliphatic heterocycles. The highest BCUT2D eigenvalue weighted by Crippen LogP contribution is 2.35. The van der Waals surface area contributed by atoms with Gasteiger partial charge in [-0.15, -0.1) is 0 Å². The van der Waals surface area contributed by atoms with Gasteiger partial charge in [-0.2, -0.15) is 0 Å². The molecule has 0 saturated carbocycles. The SMILES string of the molecule is CNC1CC2CCCC(C1)N2C(C)C(=O)NCC(C)C. The fourth-order valence-electron chi connectivity index (χ4n) is 3.87. The van der Waals surface area contributed by atoms with Gasteiger partial charge in [-0.25, -0.2) is 0 Å². The molecule has 20 heavy (non-hydrogen) atoms. The van der Waals surface area contributed by atoms with Crippen LogP contribution in [0.25, 0.3) is 0 Å². The Balaban J connectivity index is 1.98. The van der Waals surface area contributed by atoms with Gasteiger partial charge in [0.1, 0.15) is 0 Å². The van der Waals surface area contributed by atoms with E-state index < -0.39 is 0 Å². The topological polar surface area (TPSA) is 44.4 Å². The maximum Gasteiger partial charge on any atom is 0.237 e. The van der Waals surface area contributed by atoms with Crippen LogP contribution in [0.15, 0.2) is 0 Å². The lowest BCUT2D eigenvalue weighted by atomic mass is 9.80. The molecule has 2 heterocycles. The van der Waals surface area contributed by atoms with E-state index in [1.807, 2.05) is 0 Å². The minimum atomic E-state index is 0.0156. The predicted molar refractivity (Wildman–Crippen MR) is 82.7 cm³/mol. The molecule has 4 heteroatoms. The first-order chi connectivity index (χ1) is 9.52. The van der Waals surface area contributed by atoms with Crippen molar-refractivity contribution < 1.29 is 4.79 Å². The van der Waals surface area contributed by atoms with Crippen LogP contribution in [-0.2, 0) is 4.79 Å². The van der Waals surface area contributed by atoms with Crippen molar-refractivity contribution in [2.24, 2.45) is 5.92 Å². The van der Waals surface area contributed by atoms with E-state index in [0.717, 1.165) is 6.54 Å². The number of nitrogens with one attached hydrogen (secondary N) is 2. The van der Waals surface area contributed by atoms with Crippen molar-refractivity contribution in [2.45, 2.75) is 77.0 Å². The second-order valence-electron chi connectivity index (χ2n) is 6.96. The standard InChI is InChI=1S/C16H31N3O/c1-11(2)10-18-16(20)12(3)19-14-6-5-7-15(19)9-13(8-14)17-4/h11-15,17H,5-10H2,1-4H3,(H,18,20). The van der Waals surface area contributed by atoms with E-state index in [1.165, 1.54) is 32.1 Å². The molecular formula is C16H31N3O. The van der Waals surface area contributed by atoms with Gasteiger partial charge in [-0.05, 0) is 45.6 Å². The van der Waals surface area contributed by atoms with E-state index in [9.17, 15) is 4.79 Å². The molecule has 2 N–H and O–H groups in total. The minimum absolute atomic E-state index is 0.0156. The third kappa shape index (κ3) is 3.53. The monoisotopic (exact) mass is 281 g/mol. The maximum absolute atomic E-state index is 12.4. The summed E-state index contributed by atoms with van der Waals surface area (Å²) in [6.45, 7) is 7.14. The normalized spacial score (nSPS) is 32.1. The van der Waals surface area contributed by atoms with E-state index in [2.05, 4.69) is 43.4 Å². The van der Waals surface area contributed by atoms with Gasteiger partial charge in [-0.3, -0.25) is 9.69 Å². The quantitative estimate of drug-likeness (QED) is 0.807. The molecule has 2 saturated heterocycles. The third-order valence-corrected chi connectivity index (χ3v) is 4.95. The molecule has 0 aromatic carbocycles. The number of amides is 1. The summed E-state index contributed by atoms with van der Waals surface area (Å²) in [7, 11) is 2.06. The van der Waals surface area contributed by atoms with Crippen LogP contribution in [-0.4, -0.2) is 48.6 Å². The lowest BCUT2D eigenvalue weighted by Gasteiger charge is -2.51. The second-order valence-corrected chi connectivity index (χ2v) is 6.96. The zero-order valence-corrected chi connectivity index (χ0v) is 13.5. The molecule has 116 valence electrons. The smallest absolute Gasteiger partial charge is 0.237 e. The Bertz CT molecular complexity index is 318. The molecule has 4 nitrogen and oxygen atoms in total. The van der Waals surface area contributed by atoms with Crippen LogP contribution in [0.1, 0.15) is 52.9 Å². The Morgan fingerprint density at radius 2 is 1.80 bits per heavy atom. The van der Waals surface area contributed by atoms with Crippen LogP contribution in [0.3, 0.4) is 0 Å². The van der Waals surface area contributed by atoms with Crippen LogP contribution in [0.5, 0.6) is 0 Å². The number of nitrogens with zero attached hydrogens (tertiary/aromatic N) is 1. The fraction of sp³-hybridized carbons (Fsp3) is 0.938. The molecule has 1 amide bonds. The van der Waals surface area contributed by atoms with Gasteiger partial charge in [0, 0.05) is 24.7 Å². The van der Waals surface area contributed by atoms with Gasteiger partial charge in [-0.1, -0.05) is 20.3 Å². The molecule has 2 aliphatic rings. The highest BCUT2D eigenvalue weighted by molar-refractivity contribution is 5.81. The Kier molecular flexibility index (Phi) is 5.44. The summed E-state index contributed by atoms with van der Waals surface area (Å²) in [6.07, 6.45) is 6.19. The lowest BCUT2D eigenvalue weighted by Crippen LogP contribution is -2.61. The van der Waals surface area contributed by atoms with Gasteiger partial charge in [0.15, 0.2) is 0 Å². The molecule has 0 aromatic rings. The molecule has 3 atom stereocenters. The van der Waals surface area contributed by atoms with E-state index in [4.69, 9.17) is 0 Å². The maximum atomic E-state index is 12.4. The average molecular weight is 281 g/mol. The summed E-state index contributed by atoms with van der Waals surface area (Å²) in [5.74, 6) is 0.721. The Labute approximate surface area is 123 Å². The number of carbonyl (C=O) groups excluding carboxylic acids is 1. The van der Waals surface area contributed by atoms with Gasteiger partial charge < -0.3 is 10.6 Å². The Hall–Kier alpha value is -0.610. The minimum Gasteiger partial charge on any atom is -0.354 e. The summed E-state index contributed by atoms with van der Waals surface area (Å²) in [5, 5.41) is 6.53. The number of piperidine rings is 2. The van der Waals surface area contributed by atoms with E-state index in [0.29, 0.717) is 24.0 Å². The summed E-state index contributed by atoms with van der Waals surface area (Å²) >= 11 is 0. The average Bonchev–Trinajstić information content (AvgIpc) is 2.42. The first-order valence-electron chi connectivity index (χ1n) is 8.25. The van der Waals surface area contributed by atoms with Crippen molar-refractivity contribution >= 4 is 5.91 Å². The first-order valence-corrected chi connectivity index (χ1v) is 8.25. The zero-order valence-electron chi connectivity index (χ0n) is 13.5. The molecule has 0 aliphatic carbocycles. The Morgan fingerprint density at radius 1 is 1.20 bits per heavy atom. The van der Waals surface area contributed by atoms with Crippen LogP contribution < -0.4 is 10.6 Å². The largest absolute Gasteiger partial charge is 0.354 e. The Morgan fingerprint density at radius 3 is 2.30 bits per heavy atom. The van der Waals surface area contributed by atoms with Crippen molar-refractivity contribution in [3.8, 4) is 0 Å². The molecule has 3 unspecified atom stereocenters. The summed E-state index contributed by atoms with van der Waals surface area (Å²) in [5.41, 5.74) is 0. The second kappa shape index (κ2) is 6.90. The molecule has 2 fully saturated rings. The van der Waals surface area contributed by atoms with Crippen LogP contribution in [0.4, 0.5) is 0 Å². The molecular weight excluding hydrogens is 250 g/mol. The lowest BCUT2D eigenvalue weighted by molar-refractivity contribution is -0.130. The third-order valence-electron chi connectivity index (χ3n) is 4.95. The molecule has 2 bridgehead atoms. The van der Waals surface area contributed by atoms with E-state index >= 15 is 0 Å². The number of hydrogen-bond acceptors (Lipinski definition) is 3. The predicted octanol–water partition coefficient (Wildman–Crippen LogP) is 1.75. The summed E-state index contributed by atoms with van der Waals surface area (Å²) in [4.78, 5) is 14.9. The number of rotatable bonds is 5. The van der Waals surface area contributed by atoms with Crippen molar-refractivity contribution in [3.05, 3.63) is 0 Å². The van der Waals surface area contributed by atoms with E-state index in [1.54, 1.807) is 0 Å². The van der Waals surface area contributed by atoms with Crippen LogP contribution in [0, 0.1) is 5.92 Å². The summed E-state index contributed by atoms with van der Waals surface area (Å²) in [6, 6.07) is 1.81. The molecule has 2 rings (SSSR count). The molecule has 0 aromatic heterocycles. The highest BCUT2D eigenvalue weighted by Gasteiger charge is 2.41. The van der Waals surface area contributed by atoms with E-state index in [-0.39, 0.29) is 11.9 Å². The van der Waals surface area contributed by atoms with Crippen molar-refractivity contribution in [3.63, 3.8) is 0 Å². The van der Waals surface area contributed by atoms with Crippen LogP contribution >= 0.6 is 0 Å². The van der Waals surface area contributed by atoms with Crippen molar-refractivity contribution in [2.75, 3.05) is 13.6 Å². The van der Waals surface area contributed by atoms with Gasteiger partial charge >= 0.3 is 0 Å². The van der Waals surface area contributed by atoms with Gasteiger partial charge in [0.25, 0.3) is 0 Å². The van der Waals surface area contributed by atoms with Crippen molar-refractivity contribution in [1.82, 2.24) is 15.5 Å². The summed E-state index contributed by atoms with van der Waals surface area (Å²) < 4.78 is 0. The number of carbonyl (C=O) groups is 1. The highest BCUT2D eigenvalue weighted by atomic mass is 16.2. The van der Waals surface area contributed by atoms with Crippen LogP contribution in [0.2, 0.25) is 0 Å². The number of fused-ring (bicyclic) bond motifs is 2. The zero-order chi connectivity index (χ0) is 14.7. The van der Waals surface area contributed by atoms with Gasteiger partial charge in [0.2, 0.25) is 5.91 Å². The first kappa shape index (κ1) is 15.8.